The third-order valence-electron chi connectivity index (χ3n) is 4.81. The summed E-state index contributed by atoms with van der Waals surface area (Å²) in [5.74, 6) is -0.0430. The van der Waals surface area contributed by atoms with Crippen LogP contribution in [0.15, 0.2) is 65.0 Å². The second kappa shape index (κ2) is 8.73. The molecule has 0 bridgehead atoms. The minimum atomic E-state index is -3.72. The largest absolute Gasteiger partial charge is 0.311 e. The van der Waals surface area contributed by atoms with Gasteiger partial charge in [-0.1, -0.05) is 29.8 Å². The third-order valence-corrected chi connectivity index (χ3v) is 7.36. The minimum Gasteiger partial charge on any atom is -0.311 e. The third kappa shape index (κ3) is 4.49. The number of carbonyl (C=O) groups excluding carboxylic acids is 1. The van der Waals surface area contributed by atoms with Crippen LogP contribution in [0.4, 0.5) is 10.8 Å². The summed E-state index contributed by atoms with van der Waals surface area (Å²) in [5, 5.41) is 5.92. The van der Waals surface area contributed by atoms with E-state index in [-0.39, 0.29) is 18.3 Å². The monoisotopic (exact) mass is 464 g/mol. The van der Waals surface area contributed by atoms with Crippen LogP contribution in [0.2, 0.25) is 5.02 Å². The van der Waals surface area contributed by atoms with Gasteiger partial charge in [0.05, 0.1) is 10.9 Å². The maximum Gasteiger partial charge on any atom is 0.263 e. The molecule has 1 aliphatic heterocycles. The standard InChI is InChI=1S/C20H19ClN4O3S2.H2/c21-17-4-2-1-3-14(17)13-23-18-9-11-25(19(18)26)15-5-7-16(8-6-15)30(27,28)24-20-22-10-12-29-20;/h1-8,10,12,18,23H,9,11,13H2,(H,22,24);1H. The summed E-state index contributed by atoms with van der Waals surface area (Å²) in [6, 6.07) is 13.5. The molecular weight excluding hydrogens is 444 g/mol. The van der Waals surface area contributed by atoms with Gasteiger partial charge in [0.25, 0.3) is 10.0 Å². The number of hydrogen-bond acceptors (Lipinski definition) is 6. The number of benzene rings is 2. The van der Waals surface area contributed by atoms with Crippen LogP contribution in [-0.2, 0) is 21.4 Å². The summed E-state index contributed by atoms with van der Waals surface area (Å²) in [7, 11) is -3.72. The fourth-order valence-corrected chi connectivity index (χ4v) is 5.24. The lowest BCUT2D eigenvalue weighted by Gasteiger charge is -2.18. The van der Waals surface area contributed by atoms with E-state index in [2.05, 4.69) is 15.0 Å². The van der Waals surface area contributed by atoms with Crippen molar-refractivity contribution in [3.05, 3.63) is 70.7 Å². The fourth-order valence-electron chi connectivity index (χ4n) is 3.25. The molecule has 1 unspecified atom stereocenters. The molecule has 3 aromatic rings. The Morgan fingerprint density at radius 2 is 1.97 bits per heavy atom. The summed E-state index contributed by atoms with van der Waals surface area (Å²) in [4.78, 5) is 18.5. The van der Waals surface area contributed by atoms with Crippen molar-refractivity contribution in [3.63, 3.8) is 0 Å². The van der Waals surface area contributed by atoms with Gasteiger partial charge in [-0.25, -0.2) is 13.4 Å². The Labute approximate surface area is 185 Å². The summed E-state index contributed by atoms with van der Waals surface area (Å²) < 4.78 is 27.3. The maximum absolute atomic E-state index is 12.8. The smallest absolute Gasteiger partial charge is 0.263 e. The first kappa shape index (κ1) is 20.8. The van der Waals surface area contributed by atoms with Crippen LogP contribution < -0.4 is 14.9 Å². The van der Waals surface area contributed by atoms with Crippen LogP contribution in [-0.4, -0.2) is 31.9 Å². The number of carbonyl (C=O) groups is 1. The zero-order valence-electron chi connectivity index (χ0n) is 15.8. The summed E-state index contributed by atoms with van der Waals surface area (Å²) in [6.45, 7) is 1.06. The van der Waals surface area contributed by atoms with Crippen molar-refractivity contribution < 1.29 is 14.6 Å². The molecule has 0 aliphatic carbocycles. The molecule has 2 N–H and O–H groups in total. The minimum absolute atomic E-state index is 0. The topological polar surface area (TPSA) is 91.4 Å². The molecule has 0 radical (unpaired) electrons. The quantitative estimate of drug-likeness (QED) is 0.555. The lowest BCUT2D eigenvalue weighted by Crippen LogP contribution is -2.38. The highest BCUT2D eigenvalue weighted by Gasteiger charge is 2.32. The zero-order chi connectivity index (χ0) is 21.1. The molecule has 4 rings (SSSR count). The summed E-state index contributed by atoms with van der Waals surface area (Å²) >= 11 is 7.38. The molecule has 2 heterocycles. The molecule has 0 saturated carbocycles. The van der Waals surface area contributed by atoms with E-state index in [1.807, 2.05) is 24.3 Å². The van der Waals surface area contributed by atoms with Gasteiger partial charge in [0.15, 0.2) is 5.13 Å². The number of halogens is 1. The molecule has 1 saturated heterocycles. The number of sulfonamides is 1. The van der Waals surface area contributed by atoms with Gasteiger partial charge in [-0.2, -0.15) is 0 Å². The van der Waals surface area contributed by atoms with Gasteiger partial charge in [-0.15, -0.1) is 11.3 Å². The maximum atomic E-state index is 12.8. The molecule has 30 heavy (non-hydrogen) atoms. The Balaban J connectivity index is 0.00000272. The van der Waals surface area contributed by atoms with Crippen molar-refractivity contribution in [1.29, 1.82) is 0 Å². The van der Waals surface area contributed by atoms with Crippen molar-refractivity contribution in [3.8, 4) is 0 Å². The predicted octanol–water partition coefficient (Wildman–Crippen LogP) is 3.74. The van der Waals surface area contributed by atoms with Crippen LogP contribution in [0.5, 0.6) is 0 Å². The van der Waals surface area contributed by atoms with Gasteiger partial charge >= 0.3 is 0 Å². The van der Waals surface area contributed by atoms with Crippen LogP contribution in [0.25, 0.3) is 0 Å². The molecule has 10 heteroatoms. The van der Waals surface area contributed by atoms with Crippen molar-refractivity contribution in [2.24, 2.45) is 0 Å². The average molecular weight is 465 g/mol. The Kier molecular flexibility index (Phi) is 6.05. The number of amides is 1. The van der Waals surface area contributed by atoms with Gasteiger partial charge in [-0.3, -0.25) is 9.52 Å². The van der Waals surface area contributed by atoms with Crippen molar-refractivity contribution in [1.82, 2.24) is 10.3 Å². The normalized spacial score (nSPS) is 16.8. The van der Waals surface area contributed by atoms with Crippen molar-refractivity contribution in [2.45, 2.75) is 23.9 Å². The molecule has 1 fully saturated rings. The molecule has 1 aromatic heterocycles. The number of aromatic nitrogens is 1. The van der Waals surface area contributed by atoms with Gasteiger partial charge in [0, 0.05) is 36.8 Å². The second-order valence-corrected chi connectivity index (χ2v) is 9.72. The SMILES string of the molecule is O=C1C(NCc2ccccc2Cl)CCN1c1ccc(S(=O)(=O)Nc2nccs2)cc1.[HH]. The first-order valence-corrected chi connectivity index (χ1v) is 12.0. The van der Waals surface area contributed by atoms with Gasteiger partial charge in [0.1, 0.15) is 0 Å². The van der Waals surface area contributed by atoms with Crippen molar-refractivity contribution >= 4 is 49.7 Å². The van der Waals surface area contributed by atoms with Gasteiger partial charge in [0.2, 0.25) is 5.91 Å². The van der Waals surface area contributed by atoms with E-state index >= 15 is 0 Å². The molecule has 0 spiro atoms. The zero-order valence-corrected chi connectivity index (χ0v) is 18.2. The highest BCUT2D eigenvalue weighted by molar-refractivity contribution is 7.93. The van der Waals surface area contributed by atoms with Gasteiger partial charge < -0.3 is 10.2 Å². The van der Waals surface area contributed by atoms with Crippen molar-refractivity contribution in [2.75, 3.05) is 16.2 Å². The number of rotatable bonds is 7. The Morgan fingerprint density at radius 1 is 1.20 bits per heavy atom. The van der Waals surface area contributed by atoms with Crippen LogP contribution in [0.3, 0.4) is 0 Å². The Hall–Kier alpha value is -2.46. The number of anilines is 2. The van der Waals surface area contributed by atoms with Crippen LogP contribution in [0.1, 0.15) is 13.4 Å². The van der Waals surface area contributed by atoms with E-state index in [1.54, 1.807) is 22.4 Å². The van der Waals surface area contributed by atoms with E-state index in [0.29, 0.717) is 35.4 Å². The summed E-state index contributed by atoms with van der Waals surface area (Å²) in [5.41, 5.74) is 1.60. The first-order valence-electron chi connectivity index (χ1n) is 9.24. The van der Waals surface area contributed by atoms with Crippen LogP contribution in [0, 0.1) is 0 Å². The molecule has 158 valence electrons. The number of nitrogens with one attached hydrogen (secondary N) is 2. The van der Waals surface area contributed by atoms with E-state index in [4.69, 9.17) is 11.6 Å². The predicted molar refractivity (Wildman–Crippen MR) is 121 cm³/mol. The average Bonchev–Trinajstić information content (AvgIpc) is 3.37. The highest BCUT2D eigenvalue weighted by atomic mass is 35.5. The van der Waals surface area contributed by atoms with Gasteiger partial charge in [-0.05, 0) is 42.3 Å². The van der Waals surface area contributed by atoms with Crippen LogP contribution >= 0.6 is 22.9 Å². The first-order chi connectivity index (χ1) is 14.4. The highest BCUT2D eigenvalue weighted by Crippen LogP contribution is 2.25. The molecule has 7 nitrogen and oxygen atoms in total. The second-order valence-electron chi connectivity index (χ2n) is 6.74. The molecule has 1 amide bonds. The Morgan fingerprint density at radius 3 is 2.67 bits per heavy atom. The molecule has 1 aliphatic rings. The lowest BCUT2D eigenvalue weighted by molar-refractivity contribution is -0.118. The van der Waals surface area contributed by atoms with E-state index in [0.717, 1.165) is 5.56 Å². The molecule has 2 aromatic carbocycles. The fraction of sp³-hybridized carbons (Fsp3) is 0.200. The lowest BCUT2D eigenvalue weighted by atomic mass is 10.2. The van der Waals surface area contributed by atoms with E-state index in [1.165, 1.54) is 29.7 Å². The molecular formula is C20H21ClN4O3S2. The molecule has 1 atom stereocenters. The summed E-state index contributed by atoms with van der Waals surface area (Å²) in [6.07, 6.45) is 2.19. The number of nitrogens with zero attached hydrogens (tertiary/aromatic N) is 2. The van der Waals surface area contributed by atoms with E-state index in [9.17, 15) is 13.2 Å². The number of hydrogen-bond donors (Lipinski definition) is 2. The Bertz CT molecular complexity index is 1140. The van der Waals surface area contributed by atoms with E-state index < -0.39 is 10.0 Å². The number of thiazole rings is 1.